The van der Waals surface area contributed by atoms with E-state index in [1.54, 1.807) is 33.6 Å². The summed E-state index contributed by atoms with van der Waals surface area (Å²) in [5.74, 6) is -2.26. The molecular formula is C24H21ClF2N3O6P. The minimum absolute atomic E-state index is 0.0657. The van der Waals surface area contributed by atoms with E-state index in [1.165, 1.54) is 18.2 Å². The predicted octanol–water partition coefficient (Wildman–Crippen LogP) is 6.15. The lowest BCUT2D eigenvalue weighted by Gasteiger charge is -2.20. The third-order valence-corrected chi connectivity index (χ3v) is 8.61. The zero-order valence-electron chi connectivity index (χ0n) is 19.3. The van der Waals surface area contributed by atoms with Gasteiger partial charge < -0.3 is 14.0 Å². The number of nitrogens with zero attached hydrogens (tertiary/aromatic N) is 3. The fraction of sp³-hybridized carbons (Fsp3) is 0.250. The van der Waals surface area contributed by atoms with Gasteiger partial charge in [-0.25, -0.2) is 18.1 Å². The molecule has 2 heterocycles. The smallest absolute Gasteiger partial charge is 0.346 e. The van der Waals surface area contributed by atoms with Crippen LogP contribution in [0.5, 0.6) is 17.2 Å². The fourth-order valence-electron chi connectivity index (χ4n) is 3.60. The molecule has 37 heavy (non-hydrogen) atoms. The van der Waals surface area contributed by atoms with Crippen LogP contribution in [0.25, 0.3) is 0 Å². The highest BCUT2D eigenvalue weighted by atomic mass is 35.5. The second-order valence-electron chi connectivity index (χ2n) is 8.46. The van der Waals surface area contributed by atoms with Crippen molar-refractivity contribution in [1.82, 2.24) is 9.34 Å². The molecule has 5 rings (SSSR count). The van der Waals surface area contributed by atoms with Crippen molar-refractivity contribution < 1.29 is 32.3 Å². The Morgan fingerprint density at radius 3 is 2.11 bits per heavy atom. The third kappa shape index (κ3) is 5.92. The number of nitro benzene ring substituents is 1. The Kier molecular flexibility index (Phi) is 7.15. The van der Waals surface area contributed by atoms with Gasteiger partial charge in [0, 0.05) is 37.3 Å². The summed E-state index contributed by atoms with van der Waals surface area (Å²) >= 11 is 5.86. The van der Waals surface area contributed by atoms with Crippen LogP contribution in [-0.2, 0) is 22.3 Å². The molecule has 0 aromatic heterocycles. The van der Waals surface area contributed by atoms with E-state index >= 15 is 0 Å². The molecule has 13 heteroatoms. The highest BCUT2D eigenvalue weighted by Gasteiger charge is 2.49. The molecule has 194 valence electrons. The monoisotopic (exact) mass is 551 g/mol. The molecule has 3 aromatic carbocycles. The van der Waals surface area contributed by atoms with Crippen molar-refractivity contribution in [2.45, 2.75) is 13.2 Å². The fourth-order valence-corrected chi connectivity index (χ4v) is 5.91. The maximum absolute atomic E-state index is 14.7. The summed E-state index contributed by atoms with van der Waals surface area (Å²) in [6.45, 7) is 2.16. The van der Waals surface area contributed by atoms with Crippen LogP contribution in [0.4, 0.5) is 14.5 Å². The minimum Gasteiger partial charge on any atom is -0.483 e. The number of hydrogen-bond acceptors (Lipinski definition) is 6. The Hall–Kier alpha value is -3.08. The van der Waals surface area contributed by atoms with Gasteiger partial charge in [0.25, 0.3) is 0 Å². The van der Waals surface area contributed by atoms with E-state index < -0.39 is 30.0 Å². The average Bonchev–Trinajstić information content (AvgIpc) is 3.76. The Bertz CT molecular complexity index is 1350. The van der Waals surface area contributed by atoms with E-state index in [1.807, 2.05) is 0 Å². The van der Waals surface area contributed by atoms with Crippen molar-refractivity contribution in [2.24, 2.45) is 0 Å². The van der Waals surface area contributed by atoms with Crippen molar-refractivity contribution >= 4 is 25.0 Å². The van der Waals surface area contributed by atoms with Gasteiger partial charge in [0.1, 0.15) is 12.4 Å². The number of ether oxygens (including phenoxy) is 2. The molecule has 9 nitrogen and oxygen atoms in total. The molecule has 3 aromatic rings. The molecule has 0 unspecified atom stereocenters. The molecule has 2 saturated heterocycles. The normalized spacial score (nSPS) is 15.4. The van der Waals surface area contributed by atoms with Gasteiger partial charge in [-0.3, -0.25) is 14.7 Å². The van der Waals surface area contributed by atoms with Gasteiger partial charge in [0.15, 0.2) is 17.4 Å². The molecule has 0 aliphatic carbocycles. The zero-order valence-corrected chi connectivity index (χ0v) is 21.0. The summed E-state index contributed by atoms with van der Waals surface area (Å²) in [6.07, 6.45) is 0. The highest BCUT2D eigenvalue weighted by molar-refractivity contribution is 7.54. The van der Waals surface area contributed by atoms with Crippen LogP contribution < -0.4 is 9.47 Å². The molecule has 0 atom stereocenters. The predicted molar refractivity (Wildman–Crippen MR) is 131 cm³/mol. The largest absolute Gasteiger partial charge is 0.483 e. The van der Waals surface area contributed by atoms with Crippen molar-refractivity contribution in [3.63, 3.8) is 0 Å². The second kappa shape index (κ2) is 10.4. The van der Waals surface area contributed by atoms with Gasteiger partial charge in [-0.1, -0.05) is 11.6 Å². The van der Waals surface area contributed by atoms with Crippen LogP contribution in [0.3, 0.4) is 0 Å². The quantitative estimate of drug-likeness (QED) is 0.121. The molecule has 0 amide bonds. The number of rotatable bonds is 11. The van der Waals surface area contributed by atoms with Gasteiger partial charge in [-0.05, 0) is 59.7 Å². The first-order valence-electron chi connectivity index (χ1n) is 11.3. The Balaban J connectivity index is 1.27. The molecule has 0 saturated carbocycles. The van der Waals surface area contributed by atoms with Crippen molar-refractivity contribution in [1.29, 1.82) is 0 Å². The van der Waals surface area contributed by atoms with Gasteiger partial charge in [-0.15, -0.1) is 0 Å². The lowest BCUT2D eigenvalue weighted by atomic mass is 10.2. The SMILES string of the molecule is O=[N+]([O-])c1ccc(COc2c(F)cc(COP(=O)(N3CC3)N3CC3)cc2F)cc1Oc1ccc(Cl)cc1. The average molecular weight is 552 g/mol. The Labute approximate surface area is 215 Å². The standard InChI is InChI=1S/C24H21ClF2N3O6P/c25-18-2-4-19(5-3-18)36-23-13-16(1-6-22(23)30(31)32)14-34-24-20(26)11-17(12-21(24)27)15-35-37(33,28-7-8-28)29-9-10-29/h1-6,11-13H,7-10,14-15H2. The Morgan fingerprint density at radius 2 is 1.54 bits per heavy atom. The van der Waals surface area contributed by atoms with Crippen LogP contribution in [0.15, 0.2) is 54.6 Å². The summed E-state index contributed by atoms with van der Waals surface area (Å²) in [5.41, 5.74) is 0.279. The van der Waals surface area contributed by atoms with E-state index in [0.717, 1.165) is 12.1 Å². The first-order chi connectivity index (χ1) is 17.7. The maximum atomic E-state index is 14.7. The number of halogens is 3. The summed E-state index contributed by atoms with van der Waals surface area (Å²) in [5, 5.41) is 11.9. The van der Waals surface area contributed by atoms with Crippen LogP contribution in [0.1, 0.15) is 11.1 Å². The minimum atomic E-state index is -3.12. The molecule has 0 N–H and O–H groups in total. The molecule has 2 aliphatic heterocycles. The number of hydrogen-bond donors (Lipinski definition) is 0. The van der Waals surface area contributed by atoms with E-state index in [-0.39, 0.29) is 30.2 Å². The van der Waals surface area contributed by atoms with Crippen LogP contribution >= 0.6 is 19.3 Å². The molecule has 2 aliphatic rings. The zero-order chi connectivity index (χ0) is 26.2. The summed E-state index contributed by atoms with van der Waals surface area (Å²) in [7, 11) is -3.12. The highest BCUT2D eigenvalue weighted by Crippen LogP contribution is 2.61. The van der Waals surface area contributed by atoms with Crippen molar-refractivity contribution in [2.75, 3.05) is 26.2 Å². The van der Waals surface area contributed by atoms with Crippen LogP contribution in [0.2, 0.25) is 5.02 Å². The lowest BCUT2D eigenvalue weighted by Crippen LogP contribution is -2.08. The van der Waals surface area contributed by atoms with E-state index in [2.05, 4.69) is 0 Å². The van der Waals surface area contributed by atoms with Crippen molar-refractivity contribution in [3.05, 3.63) is 92.5 Å². The van der Waals surface area contributed by atoms with Gasteiger partial charge in [-0.2, -0.15) is 0 Å². The summed E-state index contributed by atoms with van der Waals surface area (Å²) in [6, 6.07) is 12.4. The van der Waals surface area contributed by atoms with Crippen LogP contribution in [0, 0.1) is 21.7 Å². The second-order valence-corrected chi connectivity index (χ2v) is 11.3. The first kappa shape index (κ1) is 25.6. The third-order valence-electron chi connectivity index (χ3n) is 5.67. The molecule has 0 spiro atoms. The number of benzene rings is 3. The molecule has 2 fully saturated rings. The topological polar surface area (TPSA) is 93.9 Å². The van der Waals surface area contributed by atoms with Gasteiger partial charge >= 0.3 is 13.4 Å². The van der Waals surface area contributed by atoms with Crippen LogP contribution in [-0.4, -0.2) is 40.4 Å². The molecule has 0 radical (unpaired) electrons. The molecule has 0 bridgehead atoms. The van der Waals surface area contributed by atoms with E-state index in [0.29, 0.717) is 42.5 Å². The Morgan fingerprint density at radius 1 is 0.919 bits per heavy atom. The maximum Gasteiger partial charge on any atom is 0.346 e. The number of nitro groups is 1. The van der Waals surface area contributed by atoms with E-state index in [4.69, 9.17) is 25.6 Å². The van der Waals surface area contributed by atoms with Gasteiger partial charge in [0.05, 0.1) is 11.5 Å². The van der Waals surface area contributed by atoms with Crippen molar-refractivity contribution in [3.8, 4) is 17.2 Å². The summed E-state index contributed by atoms with van der Waals surface area (Å²) in [4.78, 5) is 10.8. The summed E-state index contributed by atoms with van der Waals surface area (Å²) < 4.78 is 62.4. The molecular weight excluding hydrogens is 531 g/mol. The first-order valence-corrected chi connectivity index (χ1v) is 13.2. The lowest BCUT2D eigenvalue weighted by molar-refractivity contribution is -0.385. The van der Waals surface area contributed by atoms with E-state index in [9.17, 15) is 23.5 Å². The van der Waals surface area contributed by atoms with Gasteiger partial charge in [0.2, 0.25) is 5.75 Å².